The fourth-order valence-corrected chi connectivity index (χ4v) is 5.21. The minimum atomic E-state index is -3.64. The molecule has 1 aliphatic heterocycles. The average molecular weight is 498 g/mol. The molecule has 1 aromatic heterocycles. The van der Waals surface area contributed by atoms with Gasteiger partial charge in [-0.25, -0.2) is 22.6 Å². The molecule has 1 aliphatic carbocycles. The lowest BCUT2D eigenvalue weighted by atomic mass is 10.2. The van der Waals surface area contributed by atoms with E-state index in [1.807, 2.05) is 0 Å². The highest BCUT2D eigenvalue weighted by Crippen LogP contribution is 2.25. The lowest BCUT2D eigenvalue weighted by Gasteiger charge is -2.10. The number of halogens is 1. The smallest absolute Gasteiger partial charge is 0.345 e. The summed E-state index contributed by atoms with van der Waals surface area (Å²) in [6, 6.07) is 4.40. The predicted octanol–water partition coefficient (Wildman–Crippen LogP) is 1.40. The third-order valence-electron chi connectivity index (χ3n) is 5.26. The molecule has 11 heteroatoms. The molecule has 0 spiro atoms. The number of fused-ring (bicyclic) bond motifs is 1. The van der Waals surface area contributed by atoms with E-state index in [9.17, 15) is 18.0 Å². The summed E-state index contributed by atoms with van der Waals surface area (Å²) >= 11 is 3.31. The number of aromatic nitrogens is 3. The van der Waals surface area contributed by atoms with E-state index < -0.39 is 10.0 Å². The number of amides is 1. The summed E-state index contributed by atoms with van der Waals surface area (Å²) in [5.41, 5.74) is 0.156. The van der Waals surface area contributed by atoms with Crippen molar-refractivity contribution in [3.05, 3.63) is 44.5 Å². The fraction of sp³-hybridized carbons (Fsp3) is 0.526. The van der Waals surface area contributed by atoms with Crippen LogP contribution in [0.4, 0.5) is 0 Å². The largest absolute Gasteiger partial charge is 0.352 e. The van der Waals surface area contributed by atoms with Crippen molar-refractivity contribution in [2.75, 3.05) is 6.54 Å². The summed E-state index contributed by atoms with van der Waals surface area (Å²) in [6.07, 6.45) is 5.08. The Morgan fingerprint density at radius 3 is 2.80 bits per heavy atom. The number of hydrogen-bond donors (Lipinski definition) is 2. The predicted molar refractivity (Wildman–Crippen MR) is 114 cm³/mol. The van der Waals surface area contributed by atoms with Crippen LogP contribution in [0.1, 0.15) is 48.3 Å². The van der Waals surface area contributed by atoms with Crippen LogP contribution in [0.25, 0.3) is 0 Å². The molecule has 1 amide bonds. The molecular formula is C19H24BrN5O4S. The van der Waals surface area contributed by atoms with Gasteiger partial charge >= 0.3 is 5.69 Å². The second kappa shape index (κ2) is 8.64. The highest BCUT2D eigenvalue weighted by Gasteiger charge is 2.28. The van der Waals surface area contributed by atoms with Crippen molar-refractivity contribution < 1.29 is 13.2 Å². The summed E-state index contributed by atoms with van der Waals surface area (Å²) in [4.78, 5) is 25.0. The molecule has 0 bridgehead atoms. The van der Waals surface area contributed by atoms with Crippen LogP contribution in [0.15, 0.2) is 32.4 Å². The summed E-state index contributed by atoms with van der Waals surface area (Å²) in [5.74, 6) is 0.457. The van der Waals surface area contributed by atoms with Crippen molar-refractivity contribution >= 4 is 31.9 Å². The van der Waals surface area contributed by atoms with Gasteiger partial charge in [-0.15, -0.1) is 0 Å². The van der Waals surface area contributed by atoms with E-state index in [1.165, 1.54) is 16.8 Å². The van der Waals surface area contributed by atoms with Crippen LogP contribution in [-0.4, -0.2) is 41.3 Å². The van der Waals surface area contributed by atoms with Gasteiger partial charge in [0.2, 0.25) is 10.0 Å². The molecule has 2 aliphatic rings. The van der Waals surface area contributed by atoms with Crippen LogP contribution in [0.5, 0.6) is 0 Å². The minimum Gasteiger partial charge on any atom is -0.352 e. The van der Waals surface area contributed by atoms with Gasteiger partial charge in [0.15, 0.2) is 0 Å². The molecule has 0 saturated heterocycles. The first-order valence-electron chi connectivity index (χ1n) is 10.1. The molecule has 0 atom stereocenters. The maximum atomic E-state index is 12.6. The maximum absolute atomic E-state index is 12.6. The topological polar surface area (TPSA) is 115 Å². The second-order valence-electron chi connectivity index (χ2n) is 7.68. The van der Waals surface area contributed by atoms with Gasteiger partial charge in [-0.05, 0) is 66.2 Å². The monoisotopic (exact) mass is 497 g/mol. The van der Waals surface area contributed by atoms with E-state index in [0.29, 0.717) is 30.5 Å². The zero-order valence-corrected chi connectivity index (χ0v) is 18.8. The van der Waals surface area contributed by atoms with E-state index in [1.54, 1.807) is 10.6 Å². The van der Waals surface area contributed by atoms with E-state index in [-0.39, 0.29) is 28.1 Å². The third kappa shape index (κ3) is 4.68. The van der Waals surface area contributed by atoms with Gasteiger partial charge in [0, 0.05) is 36.6 Å². The van der Waals surface area contributed by atoms with Crippen LogP contribution in [-0.2, 0) is 29.5 Å². The van der Waals surface area contributed by atoms with E-state index in [0.717, 1.165) is 37.9 Å². The maximum Gasteiger partial charge on any atom is 0.345 e. The second-order valence-corrected chi connectivity index (χ2v) is 10.2. The minimum absolute atomic E-state index is 0.00652. The Bertz CT molecular complexity index is 1120. The Morgan fingerprint density at radius 1 is 1.27 bits per heavy atom. The first-order chi connectivity index (χ1) is 14.3. The van der Waals surface area contributed by atoms with Crippen LogP contribution < -0.4 is 15.7 Å². The number of nitrogens with zero attached hydrogens (tertiary/aromatic N) is 3. The molecule has 1 aromatic carbocycles. The Balaban J connectivity index is 1.35. The first-order valence-corrected chi connectivity index (χ1v) is 12.4. The van der Waals surface area contributed by atoms with E-state index in [2.05, 4.69) is 31.1 Å². The standard InChI is InChI=1S/C19H24BrN5O4S/c20-16-8-7-14(30(28,29)23-13-5-6-13)12-15(16)18(26)21-9-3-11-25-19(27)24-10-2-1-4-17(24)22-25/h7-8,12-13,23H,1-6,9-11H2,(H,21,26). The number of carbonyl (C=O) groups excluding carboxylic acids is 1. The number of hydrogen-bond acceptors (Lipinski definition) is 5. The molecular weight excluding hydrogens is 474 g/mol. The van der Waals surface area contributed by atoms with Crippen LogP contribution >= 0.6 is 15.9 Å². The molecule has 4 rings (SSSR count). The Morgan fingerprint density at radius 2 is 2.07 bits per heavy atom. The van der Waals surface area contributed by atoms with Crippen LogP contribution in [0.3, 0.4) is 0 Å². The number of benzene rings is 1. The van der Waals surface area contributed by atoms with Crippen LogP contribution in [0, 0.1) is 0 Å². The quantitative estimate of drug-likeness (QED) is 0.534. The normalized spacial score (nSPS) is 16.3. The van der Waals surface area contributed by atoms with Crippen molar-refractivity contribution in [3.63, 3.8) is 0 Å². The Labute approximate surface area is 183 Å². The summed E-state index contributed by atoms with van der Waals surface area (Å²) < 4.78 is 31.1. The number of rotatable bonds is 8. The lowest BCUT2D eigenvalue weighted by Crippen LogP contribution is -2.30. The number of nitrogens with one attached hydrogen (secondary N) is 2. The van der Waals surface area contributed by atoms with Crippen molar-refractivity contribution in [2.45, 2.75) is 62.6 Å². The molecule has 2 heterocycles. The number of aryl methyl sites for hydroxylation is 2. The number of sulfonamides is 1. The molecule has 2 N–H and O–H groups in total. The van der Waals surface area contributed by atoms with Crippen molar-refractivity contribution in [2.24, 2.45) is 0 Å². The SMILES string of the molecule is O=C(NCCCn1nc2n(c1=O)CCCC2)c1cc(S(=O)(=O)NC2CC2)ccc1Br. The molecule has 2 aromatic rings. The summed E-state index contributed by atoms with van der Waals surface area (Å²) in [7, 11) is -3.64. The molecule has 9 nitrogen and oxygen atoms in total. The van der Waals surface area contributed by atoms with Crippen LogP contribution in [0.2, 0.25) is 0 Å². The molecule has 0 radical (unpaired) electrons. The van der Waals surface area contributed by atoms with Gasteiger partial charge in [0.1, 0.15) is 5.82 Å². The Kier molecular flexibility index (Phi) is 6.12. The summed E-state index contributed by atoms with van der Waals surface area (Å²) in [5, 5.41) is 7.17. The Hall–Kier alpha value is -1.98. The molecule has 162 valence electrons. The zero-order valence-electron chi connectivity index (χ0n) is 16.4. The average Bonchev–Trinajstić information content (AvgIpc) is 3.47. The van der Waals surface area contributed by atoms with E-state index in [4.69, 9.17) is 0 Å². The summed E-state index contributed by atoms with van der Waals surface area (Å²) in [6.45, 7) is 1.48. The fourth-order valence-electron chi connectivity index (χ4n) is 3.45. The highest BCUT2D eigenvalue weighted by molar-refractivity contribution is 9.10. The molecule has 30 heavy (non-hydrogen) atoms. The van der Waals surface area contributed by atoms with Crippen molar-refractivity contribution in [1.29, 1.82) is 0 Å². The van der Waals surface area contributed by atoms with Gasteiger partial charge in [-0.2, -0.15) is 5.10 Å². The van der Waals surface area contributed by atoms with Gasteiger partial charge in [0.25, 0.3) is 5.91 Å². The molecule has 1 fully saturated rings. The van der Waals surface area contributed by atoms with E-state index >= 15 is 0 Å². The third-order valence-corrected chi connectivity index (χ3v) is 7.47. The zero-order chi connectivity index (χ0) is 21.3. The lowest BCUT2D eigenvalue weighted by molar-refractivity contribution is 0.0951. The van der Waals surface area contributed by atoms with Crippen molar-refractivity contribution in [1.82, 2.24) is 24.4 Å². The highest BCUT2D eigenvalue weighted by atomic mass is 79.9. The molecule has 0 unspecified atom stereocenters. The molecule has 1 saturated carbocycles. The van der Waals surface area contributed by atoms with Gasteiger partial charge < -0.3 is 5.32 Å². The first kappa shape index (κ1) is 21.3. The van der Waals surface area contributed by atoms with Gasteiger partial charge in [-0.3, -0.25) is 9.36 Å². The number of carbonyl (C=O) groups is 1. The van der Waals surface area contributed by atoms with Crippen molar-refractivity contribution in [3.8, 4) is 0 Å². The van der Waals surface area contributed by atoms with Gasteiger partial charge in [0.05, 0.1) is 10.5 Å². The van der Waals surface area contributed by atoms with Gasteiger partial charge in [-0.1, -0.05) is 0 Å².